The molecule has 0 bridgehead atoms. The van der Waals surface area contributed by atoms with Crippen LogP contribution in [-0.4, -0.2) is 113 Å². The fourth-order valence-corrected chi connectivity index (χ4v) is 2.83. The lowest BCUT2D eigenvalue weighted by molar-refractivity contribution is -0.165. The van der Waals surface area contributed by atoms with E-state index in [4.69, 9.17) is 29.9 Å². The number of hydrogen-bond acceptors (Lipinski definition) is 8. The molecule has 32 heavy (non-hydrogen) atoms. The average Bonchev–Trinajstić information content (AvgIpc) is 2.80. The van der Waals surface area contributed by atoms with Crippen LogP contribution >= 0.6 is 0 Å². The second kappa shape index (κ2) is 14.4. The zero-order valence-electron chi connectivity index (χ0n) is 18.3. The summed E-state index contributed by atoms with van der Waals surface area (Å²) in [5.74, 6) is -2.83. The van der Waals surface area contributed by atoms with E-state index in [1.807, 2.05) is 43.0 Å². The van der Waals surface area contributed by atoms with Crippen LogP contribution in [0.5, 0.6) is 5.75 Å². The van der Waals surface area contributed by atoms with Gasteiger partial charge in [0, 0.05) is 32.7 Å². The first-order valence-corrected chi connectivity index (χ1v) is 10.4. The molecule has 0 saturated carbocycles. The van der Waals surface area contributed by atoms with Gasteiger partial charge in [-0.15, -0.1) is 0 Å². The zero-order chi connectivity index (χ0) is 24.1. The normalized spacial score (nSPS) is 15.6. The minimum atomic E-state index is -2.27. The first-order chi connectivity index (χ1) is 15.2. The van der Waals surface area contributed by atoms with Gasteiger partial charge in [0.25, 0.3) is 5.91 Å². The number of morpholine rings is 1. The highest BCUT2D eigenvalue weighted by molar-refractivity contribution is 5.96. The molecule has 1 fully saturated rings. The topological polar surface area (TPSA) is 157 Å². The highest BCUT2D eigenvalue weighted by Gasteiger charge is 2.29. The van der Waals surface area contributed by atoms with E-state index < -0.39 is 24.1 Å². The molecule has 180 valence electrons. The lowest BCUT2D eigenvalue weighted by atomic mass is 10.1. The van der Waals surface area contributed by atoms with Crippen LogP contribution in [-0.2, 0) is 14.3 Å². The van der Waals surface area contributed by atoms with Gasteiger partial charge in [-0.3, -0.25) is 9.69 Å². The van der Waals surface area contributed by atoms with Crippen LogP contribution in [0.3, 0.4) is 0 Å². The predicted octanol–water partition coefficient (Wildman–Crippen LogP) is -0.243. The maximum Gasteiger partial charge on any atom is 0.335 e. The number of aliphatic carboxylic acids is 2. The highest BCUT2D eigenvalue weighted by Crippen LogP contribution is 2.20. The van der Waals surface area contributed by atoms with Crippen molar-refractivity contribution in [3.8, 4) is 5.75 Å². The highest BCUT2D eigenvalue weighted by atomic mass is 16.5. The summed E-state index contributed by atoms with van der Waals surface area (Å²) >= 11 is 0. The minimum Gasteiger partial charge on any atom is -0.491 e. The molecule has 2 unspecified atom stereocenters. The molecule has 0 spiro atoms. The van der Waals surface area contributed by atoms with E-state index in [1.165, 1.54) is 0 Å². The smallest absolute Gasteiger partial charge is 0.335 e. The third kappa shape index (κ3) is 8.79. The first kappa shape index (κ1) is 27.3. The molecule has 1 heterocycles. The van der Waals surface area contributed by atoms with Gasteiger partial charge in [0.15, 0.2) is 12.2 Å². The largest absolute Gasteiger partial charge is 0.491 e. The number of amides is 1. The Morgan fingerprint density at radius 3 is 2.06 bits per heavy atom. The van der Waals surface area contributed by atoms with E-state index in [0.717, 1.165) is 32.8 Å². The summed E-state index contributed by atoms with van der Waals surface area (Å²) in [6.07, 6.45) is -4.53. The van der Waals surface area contributed by atoms with E-state index in [-0.39, 0.29) is 5.91 Å². The Bertz CT molecular complexity index is 716. The van der Waals surface area contributed by atoms with Crippen LogP contribution < -0.4 is 4.74 Å². The van der Waals surface area contributed by atoms with Crippen molar-refractivity contribution in [3.63, 3.8) is 0 Å². The van der Waals surface area contributed by atoms with Crippen LogP contribution in [0.4, 0.5) is 0 Å². The van der Waals surface area contributed by atoms with E-state index in [1.54, 1.807) is 0 Å². The van der Waals surface area contributed by atoms with Gasteiger partial charge in [0.2, 0.25) is 0 Å². The molecular formula is C21H32N2O9. The molecule has 1 aromatic carbocycles. The summed E-state index contributed by atoms with van der Waals surface area (Å²) in [4.78, 5) is 36.2. The van der Waals surface area contributed by atoms with Crippen LogP contribution in [0.1, 0.15) is 24.2 Å². The van der Waals surface area contributed by atoms with E-state index in [2.05, 4.69) is 4.90 Å². The molecule has 1 amide bonds. The number of carboxylic acids is 2. The van der Waals surface area contributed by atoms with Gasteiger partial charge in [0.1, 0.15) is 12.4 Å². The molecule has 4 N–H and O–H groups in total. The molecule has 0 aromatic heterocycles. The van der Waals surface area contributed by atoms with Gasteiger partial charge in [-0.1, -0.05) is 12.1 Å². The van der Waals surface area contributed by atoms with Gasteiger partial charge in [-0.25, -0.2) is 9.59 Å². The molecule has 2 rings (SSSR count). The Balaban J connectivity index is 0.000000433. The Morgan fingerprint density at radius 1 is 1.03 bits per heavy atom. The number of rotatable bonds is 10. The molecule has 11 heteroatoms. The number of aliphatic hydroxyl groups excluding tert-OH is 2. The van der Waals surface area contributed by atoms with Gasteiger partial charge in [-0.05, 0) is 26.0 Å². The van der Waals surface area contributed by atoms with Gasteiger partial charge in [-0.2, -0.15) is 0 Å². The summed E-state index contributed by atoms with van der Waals surface area (Å²) < 4.78 is 11.2. The molecule has 1 saturated heterocycles. The quantitative estimate of drug-likeness (QED) is 0.370. The summed E-state index contributed by atoms with van der Waals surface area (Å²) in [7, 11) is 0. The molecule has 1 aromatic rings. The van der Waals surface area contributed by atoms with E-state index in [9.17, 15) is 14.4 Å². The van der Waals surface area contributed by atoms with Crippen LogP contribution in [0, 0.1) is 0 Å². The van der Waals surface area contributed by atoms with Gasteiger partial charge >= 0.3 is 11.9 Å². The Hall–Kier alpha value is -2.73. The molecular weight excluding hydrogens is 424 g/mol. The van der Waals surface area contributed by atoms with Crippen molar-refractivity contribution in [2.75, 3.05) is 52.5 Å². The summed E-state index contributed by atoms with van der Waals surface area (Å²) in [5, 5.41) is 32.5. The Morgan fingerprint density at radius 2 is 1.56 bits per heavy atom. The minimum absolute atomic E-state index is 0.0342. The van der Waals surface area contributed by atoms with Gasteiger partial charge < -0.3 is 34.8 Å². The van der Waals surface area contributed by atoms with Crippen LogP contribution in [0.2, 0.25) is 0 Å². The summed E-state index contributed by atoms with van der Waals surface area (Å²) in [6.45, 7) is 10.3. The number of benzene rings is 1. The second-order valence-electron chi connectivity index (χ2n) is 6.84. The Kier molecular flexibility index (Phi) is 12.2. The zero-order valence-corrected chi connectivity index (χ0v) is 18.3. The second-order valence-corrected chi connectivity index (χ2v) is 6.84. The van der Waals surface area contributed by atoms with Crippen molar-refractivity contribution in [1.29, 1.82) is 0 Å². The van der Waals surface area contributed by atoms with Gasteiger partial charge in [0.05, 0.1) is 18.8 Å². The van der Waals surface area contributed by atoms with Crippen molar-refractivity contribution >= 4 is 17.8 Å². The molecule has 11 nitrogen and oxygen atoms in total. The number of aliphatic hydroxyl groups is 2. The van der Waals surface area contributed by atoms with Crippen molar-refractivity contribution in [2.24, 2.45) is 0 Å². The number of para-hydroxylation sites is 1. The fourth-order valence-electron chi connectivity index (χ4n) is 2.83. The maximum atomic E-state index is 12.5. The summed E-state index contributed by atoms with van der Waals surface area (Å²) in [6, 6.07) is 7.50. The molecule has 0 aliphatic carbocycles. The van der Waals surface area contributed by atoms with Crippen LogP contribution in [0.15, 0.2) is 24.3 Å². The number of ether oxygens (including phenoxy) is 2. The monoisotopic (exact) mass is 456 g/mol. The number of carbonyl (C=O) groups is 3. The third-order valence-electron chi connectivity index (χ3n) is 4.74. The SMILES string of the molecule is CCN(CC)C(=O)c1ccccc1OCCN1CCOCC1.O=C(O)C(O)C(O)C(=O)O. The molecule has 1 aliphatic heterocycles. The molecule has 1 aliphatic rings. The van der Waals surface area contributed by atoms with Crippen molar-refractivity contribution < 1.29 is 44.3 Å². The maximum absolute atomic E-state index is 12.5. The van der Waals surface area contributed by atoms with Crippen molar-refractivity contribution in [1.82, 2.24) is 9.80 Å². The van der Waals surface area contributed by atoms with Crippen molar-refractivity contribution in [2.45, 2.75) is 26.1 Å². The molecule has 2 atom stereocenters. The predicted molar refractivity (Wildman–Crippen MR) is 114 cm³/mol. The number of hydrogen-bond donors (Lipinski definition) is 4. The first-order valence-electron chi connectivity index (χ1n) is 10.4. The average molecular weight is 456 g/mol. The Labute approximate surface area is 186 Å². The fraction of sp³-hybridized carbons (Fsp3) is 0.571. The van der Waals surface area contributed by atoms with E-state index in [0.29, 0.717) is 31.0 Å². The number of carboxylic acid groups (broad SMARTS) is 2. The van der Waals surface area contributed by atoms with Crippen molar-refractivity contribution in [3.05, 3.63) is 29.8 Å². The lowest BCUT2D eigenvalue weighted by Gasteiger charge is -2.26. The third-order valence-corrected chi connectivity index (χ3v) is 4.74. The standard InChI is InChI=1S/C17H26N2O3.C4H6O6/c1-3-19(4-2)17(20)15-7-5-6-8-16(15)22-14-11-18-9-12-21-13-10-18;5-1(3(7)8)2(6)4(9)10/h5-8H,3-4,9-14H2,1-2H3;1-2,5-6H,(H,7,8)(H,9,10). The lowest BCUT2D eigenvalue weighted by Crippen LogP contribution is -2.39. The summed E-state index contributed by atoms with van der Waals surface area (Å²) in [5.41, 5.74) is 0.646. The van der Waals surface area contributed by atoms with E-state index >= 15 is 0 Å². The number of carbonyl (C=O) groups excluding carboxylic acids is 1. The van der Waals surface area contributed by atoms with Crippen LogP contribution in [0.25, 0.3) is 0 Å². The number of nitrogens with zero attached hydrogens (tertiary/aromatic N) is 2. The molecule has 0 radical (unpaired) electrons.